The Morgan fingerprint density at radius 1 is 0.886 bits per heavy atom. The second kappa shape index (κ2) is 11.7. The first-order valence-corrected chi connectivity index (χ1v) is 16.3. The fourth-order valence-corrected chi connectivity index (χ4v) is 8.19. The molecule has 3 aliphatic carbocycles. The fourth-order valence-electron chi connectivity index (χ4n) is 7.92. The average molecular weight is 620 g/mol. The Hall–Kier alpha value is -3.12. The van der Waals surface area contributed by atoms with Crippen molar-refractivity contribution in [3.63, 3.8) is 0 Å². The summed E-state index contributed by atoms with van der Waals surface area (Å²) in [5.41, 5.74) is 4.43. The van der Waals surface area contributed by atoms with Gasteiger partial charge in [-0.25, -0.2) is 4.39 Å². The van der Waals surface area contributed by atoms with Gasteiger partial charge in [0, 0.05) is 52.9 Å². The van der Waals surface area contributed by atoms with E-state index in [-0.39, 0.29) is 40.9 Å². The molecule has 2 aromatic rings. The zero-order valence-electron chi connectivity index (χ0n) is 26.5. The van der Waals surface area contributed by atoms with E-state index < -0.39 is 5.92 Å². The van der Waals surface area contributed by atoms with Gasteiger partial charge in [0.25, 0.3) is 0 Å². The molecule has 5 nitrogen and oxygen atoms in total. The number of hydrogen-bond donors (Lipinski definition) is 0. The van der Waals surface area contributed by atoms with Crippen LogP contribution in [0.2, 0.25) is 5.02 Å². The van der Waals surface area contributed by atoms with E-state index in [9.17, 15) is 14.0 Å². The zero-order valence-corrected chi connectivity index (χ0v) is 27.3. The third-order valence-electron chi connectivity index (χ3n) is 9.81. The summed E-state index contributed by atoms with van der Waals surface area (Å²) >= 11 is 6.89. The second-order valence-electron chi connectivity index (χ2n) is 14.6. The molecular formula is C37H43ClFNO4. The van der Waals surface area contributed by atoms with Gasteiger partial charge in [-0.2, -0.15) is 0 Å². The Balaban J connectivity index is 1.51. The number of benzene rings is 2. The predicted octanol–water partition coefficient (Wildman–Crippen LogP) is 9.09. The van der Waals surface area contributed by atoms with Crippen LogP contribution in [0, 0.1) is 16.6 Å². The summed E-state index contributed by atoms with van der Waals surface area (Å²) in [6.07, 6.45) is 8.09. The van der Waals surface area contributed by atoms with Gasteiger partial charge in [0.05, 0.1) is 12.1 Å². The summed E-state index contributed by atoms with van der Waals surface area (Å²) in [6.45, 7) is 8.66. The number of carbonyl (C=O) groups excluding carboxylic acids is 2. The molecule has 0 unspecified atom stereocenters. The highest BCUT2D eigenvalue weighted by Gasteiger charge is 2.50. The molecule has 44 heavy (non-hydrogen) atoms. The van der Waals surface area contributed by atoms with Crippen molar-refractivity contribution in [2.75, 3.05) is 7.11 Å². The van der Waals surface area contributed by atoms with Crippen molar-refractivity contribution in [2.24, 2.45) is 10.8 Å². The van der Waals surface area contributed by atoms with Crippen LogP contribution in [0.4, 0.5) is 4.39 Å². The number of nitrogens with zero attached hydrogens (tertiary/aromatic N) is 1. The first-order chi connectivity index (χ1) is 20.9. The molecule has 234 valence electrons. The molecule has 0 radical (unpaired) electrons. The predicted molar refractivity (Wildman–Crippen MR) is 170 cm³/mol. The molecule has 6 rings (SSSR count). The standard InChI is InChI=1S/C37H43ClFNO4/c1-36(2)17-27-33(29(41)19-36)32(34-28(18-37(3,4)20-30(34)42)40(27)24-12-7-6-8-13-24)23-15-25(38)35(31(16-23)43-5)44-21-22-11-9-10-14-26(22)39/h9-11,14-16,24,32H,6-8,12-13,17-21H2,1-5H3. The van der Waals surface area contributed by atoms with E-state index in [0.29, 0.717) is 34.9 Å². The van der Waals surface area contributed by atoms with Gasteiger partial charge in [-0.1, -0.05) is 76.8 Å². The molecule has 0 bridgehead atoms. The topological polar surface area (TPSA) is 55.8 Å². The van der Waals surface area contributed by atoms with E-state index in [1.807, 2.05) is 6.07 Å². The van der Waals surface area contributed by atoms with Crippen molar-refractivity contribution in [3.8, 4) is 11.5 Å². The Morgan fingerprint density at radius 3 is 2.05 bits per heavy atom. The minimum atomic E-state index is -0.529. The lowest BCUT2D eigenvalue weighted by atomic mass is 9.63. The first kappa shape index (κ1) is 30.9. The van der Waals surface area contributed by atoms with Gasteiger partial charge in [0.2, 0.25) is 0 Å². The van der Waals surface area contributed by atoms with Crippen molar-refractivity contribution in [1.82, 2.24) is 4.90 Å². The van der Waals surface area contributed by atoms with Gasteiger partial charge in [-0.15, -0.1) is 0 Å². The monoisotopic (exact) mass is 619 g/mol. The molecule has 2 aromatic carbocycles. The average Bonchev–Trinajstić information content (AvgIpc) is 2.95. The maximum absolute atomic E-state index is 14.3. The van der Waals surface area contributed by atoms with Crippen molar-refractivity contribution in [1.29, 1.82) is 0 Å². The minimum absolute atomic E-state index is 0.0202. The maximum atomic E-state index is 14.3. The van der Waals surface area contributed by atoms with Crippen LogP contribution < -0.4 is 9.47 Å². The minimum Gasteiger partial charge on any atom is -0.493 e. The molecule has 0 amide bonds. The van der Waals surface area contributed by atoms with E-state index in [1.165, 1.54) is 19.6 Å². The van der Waals surface area contributed by atoms with Gasteiger partial charge >= 0.3 is 0 Å². The molecule has 0 aromatic heterocycles. The number of ketones is 2. The quantitative estimate of drug-likeness (QED) is 0.323. The number of halogens is 2. The summed E-state index contributed by atoms with van der Waals surface area (Å²) in [7, 11) is 1.54. The highest BCUT2D eigenvalue weighted by Crippen LogP contribution is 2.56. The second-order valence-corrected chi connectivity index (χ2v) is 15.0. The van der Waals surface area contributed by atoms with Crippen LogP contribution >= 0.6 is 11.6 Å². The summed E-state index contributed by atoms with van der Waals surface area (Å²) < 4.78 is 26.1. The van der Waals surface area contributed by atoms with Crippen molar-refractivity contribution in [2.45, 2.75) is 104 Å². The first-order valence-electron chi connectivity index (χ1n) is 15.9. The summed E-state index contributed by atoms with van der Waals surface area (Å²) in [5, 5.41) is 0.293. The van der Waals surface area contributed by atoms with Crippen LogP contribution in [0.3, 0.4) is 0 Å². The Labute approximate surface area is 265 Å². The van der Waals surface area contributed by atoms with E-state index >= 15 is 0 Å². The molecule has 0 N–H and O–H groups in total. The SMILES string of the molecule is COc1cc(C2C3=C(CC(C)(C)CC3=O)N(C3CCCCC3)C3=C2C(=O)CC(C)(C)C3)cc(Cl)c1OCc1ccccc1F. The zero-order chi connectivity index (χ0) is 31.4. The van der Waals surface area contributed by atoms with Gasteiger partial charge < -0.3 is 14.4 Å². The molecular weight excluding hydrogens is 577 g/mol. The van der Waals surface area contributed by atoms with E-state index in [1.54, 1.807) is 24.3 Å². The lowest BCUT2D eigenvalue weighted by Gasteiger charge is -2.52. The van der Waals surface area contributed by atoms with E-state index in [4.69, 9.17) is 21.1 Å². The molecule has 7 heteroatoms. The maximum Gasteiger partial charge on any atom is 0.180 e. The summed E-state index contributed by atoms with van der Waals surface area (Å²) in [6, 6.07) is 10.4. The number of allylic oxidation sites excluding steroid dienone is 4. The van der Waals surface area contributed by atoms with Gasteiger partial charge in [-0.3, -0.25) is 9.59 Å². The van der Waals surface area contributed by atoms with Gasteiger partial charge in [-0.05, 0) is 60.3 Å². The van der Waals surface area contributed by atoms with Crippen LogP contribution in [0.5, 0.6) is 11.5 Å². The van der Waals surface area contributed by atoms with Crippen molar-refractivity contribution < 1.29 is 23.5 Å². The Bertz CT molecular complexity index is 1510. The summed E-state index contributed by atoms with van der Waals surface area (Å²) in [4.78, 5) is 30.9. The highest BCUT2D eigenvalue weighted by molar-refractivity contribution is 6.32. The van der Waals surface area contributed by atoms with Crippen LogP contribution in [-0.2, 0) is 16.2 Å². The molecule has 0 saturated heterocycles. The molecule has 0 atom stereocenters. The van der Waals surface area contributed by atoms with Crippen LogP contribution in [0.25, 0.3) is 0 Å². The number of carbonyl (C=O) groups is 2. The van der Waals surface area contributed by atoms with Gasteiger partial charge in [0.15, 0.2) is 23.1 Å². The molecule has 0 spiro atoms. The molecule has 1 aliphatic heterocycles. The van der Waals surface area contributed by atoms with Crippen LogP contribution in [0.15, 0.2) is 58.9 Å². The number of ether oxygens (including phenoxy) is 2. The van der Waals surface area contributed by atoms with Crippen molar-refractivity contribution >= 4 is 23.2 Å². The number of rotatable bonds is 6. The van der Waals surface area contributed by atoms with Gasteiger partial charge in [0.1, 0.15) is 12.4 Å². The third kappa shape index (κ3) is 5.71. The Morgan fingerprint density at radius 2 is 1.48 bits per heavy atom. The van der Waals surface area contributed by atoms with Crippen LogP contribution in [0.1, 0.15) is 103 Å². The normalized spacial score (nSPS) is 22.2. The lowest BCUT2D eigenvalue weighted by molar-refractivity contribution is -0.119. The lowest BCUT2D eigenvalue weighted by Crippen LogP contribution is -2.48. The number of methoxy groups -OCH3 is 1. The number of hydrogen-bond acceptors (Lipinski definition) is 5. The van der Waals surface area contributed by atoms with E-state index in [0.717, 1.165) is 66.6 Å². The third-order valence-corrected chi connectivity index (χ3v) is 10.1. The number of Topliss-reactive ketones (excluding diaryl/α,β-unsaturated/α-hetero) is 2. The highest BCUT2D eigenvalue weighted by atomic mass is 35.5. The summed E-state index contributed by atoms with van der Waals surface area (Å²) in [5.74, 6) is -0.00623. The largest absolute Gasteiger partial charge is 0.493 e. The van der Waals surface area contributed by atoms with Crippen molar-refractivity contribution in [3.05, 3.63) is 80.9 Å². The molecule has 4 aliphatic rings. The van der Waals surface area contributed by atoms with E-state index in [2.05, 4.69) is 32.6 Å². The Kier molecular flexibility index (Phi) is 8.19. The molecule has 1 fully saturated rings. The molecule has 1 heterocycles. The fraction of sp³-hybridized carbons (Fsp3) is 0.514. The molecule has 1 saturated carbocycles. The smallest absolute Gasteiger partial charge is 0.180 e. The van der Waals surface area contributed by atoms with Crippen LogP contribution in [-0.4, -0.2) is 29.6 Å².